The van der Waals surface area contributed by atoms with Gasteiger partial charge in [-0.15, -0.1) is 0 Å². The second kappa shape index (κ2) is 9.33. The van der Waals surface area contributed by atoms with E-state index in [1.807, 2.05) is 6.92 Å². The van der Waals surface area contributed by atoms with Crippen LogP contribution in [0, 0.1) is 10.1 Å². The first-order valence-electron chi connectivity index (χ1n) is 8.57. The predicted molar refractivity (Wildman–Crippen MR) is 104 cm³/mol. The zero-order valence-corrected chi connectivity index (χ0v) is 15.2. The average molecular weight is 370 g/mol. The predicted octanol–water partition coefficient (Wildman–Crippen LogP) is 3.31. The van der Waals surface area contributed by atoms with Crippen LogP contribution in [0.5, 0.6) is 0 Å². The van der Waals surface area contributed by atoms with E-state index in [1.54, 1.807) is 31.3 Å². The Hall–Kier alpha value is -3.42. The molecule has 0 saturated carbocycles. The van der Waals surface area contributed by atoms with Crippen molar-refractivity contribution in [2.45, 2.75) is 26.3 Å². The lowest BCUT2D eigenvalue weighted by molar-refractivity contribution is -0.384. The molecule has 0 heterocycles. The molecule has 0 spiro atoms. The van der Waals surface area contributed by atoms with Crippen LogP contribution in [0.4, 0.5) is 17.1 Å². The molecule has 0 saturated heterocycles. The molecule has 0 unspecified atom stereocenters. The maximum Gasteiger partial charge on any atom is 0.293 e. The van der Waals surface area contributed by atoms with E-state index in [1.165, 1.54) is 18.2 Å². The van der Waals surface area contributed by atoms with Gasteiger partial charge >= 0.3 is 0 Å². The molecule has 27 heavy (non-hydrogen) atoms. The zero-order chi connectivity index (χ0) is 19.8. The van der Waals surface area contributed by atoms with E-state index in [2.05, 4.69) is 16.0 Å². The normalized spacial score (nSPS) is 10.1. The molecule has 2 aromatic rings. The summed E-state index contributed by atoms with van der Waals surface area (Å²) in [6.45, 7) is 2.20. The summed E-state index contributed by atoms with van der Waals surface area (Å²) in [7, 11) is 1.58. The Balaban J connectivity index is 1.98. The Morgan fingerprint density at radius 1 is 1.11 bits per heavy atom. The van der Waals surface area contributed by atoms with Crippen molar-refractivity contribution in [1.82, 2.24) is 5.32 Å². The van der Waals surface area contributed by atoms with Crippen molar-refractivity contribution in [2.75, 3.05) is 17.7 Å². The molecule has 0 bridgehead atoms. The topological polar surface area (TPSA) is 113 Å². The Kier molecular flexibility index (Phi) is 6.87. The van der Waals surface area contributed by atoms with E-state index in [9.17, 15) is 19.7 Å². The third-order valence-corrected chi connectivity index (χ3v) is 3.89. The highest BCUT2D eigenvalue weighted by molar-refractivity contribution is 5.95. The number of anilines is 2. The molecule has 0 fully saturated rings. The molecule has 142 valence electrons. The van der Waals surface area contributed by atoms with Crippen LogP contribution in [0.2, 0.25) is 0 Å². The van der Waals surface area contributed by atoms with Gasteiger partial charge in [0, 0.05) is 37.3 Å². The minimum Gasteiger partial charge on any atom is -0.383 e. The summed E-state index contributed by atoms with van der Waals surface area (Å²) in [6.07, 6.45) is 1.25. The minimum absolute atomic E-state index is 0.0369. The summed E-state index contributed by atoms with van der Waals surface area (Å²) in [4.78, 5) is 34.4. The molecule has 0 radical (unpaired) electrons. The fourth-order valence-corrected chi connectivity index (χ4v) is 2.48. The first-order valence-corrected chi connectivity index (χ1v) is 8.57. The number of nitro groups is 1. The molecule has 0 atom stereocenters. The van der Waals surface area contributed by atoms with Gasteiger partial charge in [0.15, 0.2) is 0 Å². The van der Waals surface area contributed by atoms with Gasteiger partial charge in [0.1, 0.15) is 5.69 Å². The number of nitro benzene ring substituents is 1. The number of nitrogens with one attached hydrogen (secondary N) is 3. The zero-order valence-electron chi connectivity index (χ0n) is 15.2. The SMILES string of the molecule is CCCC(=O)Nc1ccc(CNC(=O)c2ccc(NC)c([N+](=O)[O-])c2)cc1. The quantitative estimate of drug-likeness (QED) is 0.487. The van der Waals surface area contributed by atoms with Crippen molar-refractivity contribution < 1.29 is 14.5 Å². The Bertz CT molecular complexity index is 834. The summed E-state index contributed by atoms with van der Waals surface area (Å²) >= 11 is 0. The lowest BCUT2D eigenvalue weighted by atomic mass is 10.1. The number of carbonyl (C=O) groups is 2. The van der Waals surface area contributed by atoms with Crippen molar-refractivity contribution in [3.63, 3.8) is 0 Å². The monoisotopic (exact) mass is 370 g/mol. The number of benzene rings is 2. The van der Waals surface area contributed by atoms with E-state index in [0.717, 1.165) is 12.0 Å². The molecule has 0 aromatic heterocycles. The van der Waals surface area contributed by atoms with E-state index in [0.29, 0.717) is 17.8 Å². The summed E-state index contributed by atoms with van der Waals surface area (Å²) in [5.41, 5.74) is 1.94. The van der Waals surface area contributed by atoms with Gasteiger partial charge in [-0.05, 0) is 36.2 Å². The lowest BCUT2D eigenvalue weighted by Crippen LogP contribution is -2.23. The van der Waals surface area contributed by atoms with Crippen molar-refractivity contribution in [2.24, 2.45) is 0 Å². The van der Waals surface area contributed by atoms with Gasteiger partial charge in [-0.2, -0.15) is 0 Å². The van der Waals surface area contributed by atoms with Crippen LogP contribution >= 0.6 is 0 Å². The number of carbonyl (C=O) groups excluding carboxylic acids is 2. The van der Waals surface area contributed by atoms with Gasteiger partial charge < -0.3 is 16.0 Å². The number of hydrogen-bond acceptors (Lipinski definition) is 5. The highest BCUT2D eigenvalue weighted by Gasteiger charge is 2.16. The second-order valence-electron chi connectivity index (χ2n) is 5.92. The summed E-state index contributed by atoms with van der Waals surface area (Å²) in [6, 6.07) is 11.4. The van der Waals surface area contributed by atoms with Crippen LogP contribution in [0.1, 0.15) is 35.7 Å². The summed E-state index contributed by atoms with van der Waals surface area (Å²) < 4.78 is 0. The third-order valence-electron chi connectivity index (χ3n) is 3.89. The van der Waals surface area contributed by atoms with Crippen molar-refractivity contribution in [3.8, 4) is 0 Å². The molecule has 2 amide bonds. The van der Waals surface area contributed by atoms with Gasteiger partial charge in [0.2, 0.25) is 5.91 Å². The molecule has 0 aliphatic heterocycles. The van der Waals surface area contributed by atoms with Crippen molar-refractivity contribution >= 4 is 28.9 Å². The van der Waals surface area contributed by atoms with Crippen LogP contribution in [-0.4, -0.2) is 23.8 Å². The summed E-state index contributed by atoms with van der Waals surface area (Å²) in [5.74, 6) is -0.439. The van der Waals surface area contributed by atoms with Gasteiger partial charge in [0.25, 0.3) is 11.6 Å². The largest absolute Gasteiger partial charge is 0.383 e. The third kappa shape index (κ3) is 5.53. The number of hydrogen-bond donors (Lipinski definition) is 3. The Morgan fingerprint density at radius 3 is 2.41 bits per heavy atom. The molecule has 2 aromatic carbocycles. The molecule has 2 rings (SSSR count). The maximum atomic E-state index is 12.3. The fraction of sp³-hybridized carbons (Fsp3) is 0.263. The van der Waals surface area contributed by atoms with Crippen LogP contribution in [0.3, 0.4) is 0 Å². The average Bonchev–Trinajstić information content (AvgIpc) is 2.66. The van der Waals surface area contributed by atoms with Crippen LogP contribution in [0.15, 0.2) is 42.5 Å². The number of rotatable bonds is 8. The van der Waals surface area contributed by atoms with Gasteiger partial charge in [-0.1, -0.05) is 19.1 Å². The van der Waals surface area contributed by atoms with Crippen LogP contribution in [0.25, 0.3) is 0 Å². The highest BCUT2D eigenvalue weighted by atomic mass is 16.6. The first-order chi connectivity index (χ1) is 12.9. The second-order valence-corrected chi connectivity index (χ2v) is 5.92. The van der Waals surface area contributed by atoms with E-state index in [4.69, 9.17) is 0 Å². The minimum atomic E-state index is -0.534. The Labute approximate surface area is 157 Å². The lowest BCUT2D eigenvalue weighted by Gasteiger charge is -2.09. The standard InChI is InChI=1S/C19H22N4O4/c1-3-4-18(24)22-15-8-5-13(6-9-15)12-21-19(25)14-7-10-16(20-2)17(11-14)23(26)27/h5-11,20H,3-4,12H2,1-2H3,(H,21,25)(H,22,24). The number of nitrogens with zero attached hydrogens (tertiary/aromatic N) is 1. The Morgan fingerprint density at radius 2 is 1.81 bits per heavy atom. The molecule has 8 heteroatoms. The summed E-state index contributed by atoms with van der Waals surface area (Å²) in [5, 5.41) is 19.3. The molecule has 0 aliphatic rings. The van der Waals surface area contributed by atoms with Crippen LogP contribution in [-0.2, 0) is 11.3 Å². The molecule has 3 N–H and O–H groups in total. The maximum absolute atomic E-state index is 12.3. The van der Waals surface area contributed by atoms with Gasteiger partial charge in [-0.3, -0.25) is 19.7 Å². The van der Waals surface area contributed by atoms with Crippen molar-refractivity contribution in [3.05, 3.63) is 63.7 Å². The van der Waals surface area contributed by atoms with Crippen LogP contribution < -0.4 is 16.0 Å². The fourth-order valence-electron chi connectivity index (χ4n) is 2.48. The van der Waals surface area contributed by atoms with E-state index in [-0.39, 0.29) is 23.7 Å². The highest BCUT2D eigenvalue weighted by Crippen LogP contribution is 2.25. The molecular weight excluding hydrogens is 348 g/mol. The molecule has 8 nitrogen and oxygen atoms in total. The van der Waals surface area contributed by atoms with E-state index >= 15 is 0 Å². The van der Waals surface area contributed by atoms with Gasteiger partial charge in [0.05, 0.1) is 4.92 Å². The van der Waals surface area contributed by atoms with Crippen molar-refractivity contribution in [1.29, 1.82) is 0 Å². The van der Waals surface area contributed by atoms with Gasteiger partial charge in [-0.25, -0.2) is 0 Å². The molecular formula is C19H22N4O4. The van der Waals surface area contributed by atoms with E-state index < -0.39 is 10.8 Å². The first kappa shape index (κ1) is 19.9. The molecule has 0 aliphatic carbocycles. The smallest absolute Gasteiger partial charge is 0.293 e. The number of amides is 2.